The lowest BCUT2D eigenvalue weighted by Gasteiger charge is -2.18. The second-order valence-electron chi connectivity index (χ2n) is 4.10. The van der Waals surface area contributed by atoms with Gasteiger partial charge in [0, 0.05) is 11.0 Å². The zero-order chi connectivity index (χ0) is 14.0. The molecule has 1 aromatic carbocycles. The molecule has 0 amide bonds. The highest BCUT2D eigenvalue weighted by molar-refractivity contribution is 6.61. The first-order valence-electron chi connectivity index (χ1n) is 5.70. The summed E-state index contributed by atoms with van der Waals surface area (Å²) in [6, 6.07) is 2.69. The molecule has 0 spiro atoms. The van der Waals surface area contributed by atoms with E-state index in [0.717, 1.165) is 0 Å². The van der Waals surface area contributed by atoms with E-state index in [-0.39, 0.29) is 30.0 Å². The van der Waals surface area contributed by atoms with Gasteiger partial charge < -0.3 is 25.3 Å². The summed E-state index contributed by atoms with van der Waals surface area (Å²) < 4.78 is 24.5. The van der Waals surface area contributed by atoms with E-state index in [4.69, 9.17) is 20.2 Å². The number of rotatable bonds is 3. The van der Waals surface area contributed by atoms with Crippen molar-refractivity contribution in [3.63, 3.8) is 0 Å². The molecule has 0 saturated heterocycles. The summed E-state index contributed by atoms with van der Waals surface area (Å²) in [6.45, 7) is 0.285. The van der Waals surface area contributed by atoms with Crippen LogP contribution in [-0.2, 0) is 9.45 Å². The molecule has 0 radical (unpaired) electrons. The van der Waals surface area contributed by atoms with Gasteiger partial charge in [-0.3, -0.25) is 4.79 Å². The molecule has 1 aliphatic heterocycles. The first-order valence-corrected chi connectivity index (χ1v) is 5.70. The number of fused-ring (bicyclic) bond motifs is 1. The molecule has 1 aliphatic rings. The molecule has 0 bridgehead atoms. The largest absolute Gasteiger partial charge is 0.495 e. The van der Waals surface area contributed by atoms with Crippen LogP contribution >= 0.6 is 0 Å². The minimum absolute atomic E-state index is 0.00282. The normalized spacial score (nSPS) is 17.9. The topological polar surface area (TPSA) is 102 Å². The quantitative estimate of drug-likeness (QED) is 0.621. The average molecular weight is 269 g/mol. The molecule has 2 rings (SSSR count). The highest BCUT2D eigenvalue weighted by Crippen LogP contribution is 2.29. The smallest absolute Gasteiger partial charge is 0.491 e. The molecule has 1 aromatic rings. The molecule has 1 heterocycles. The molecule has 6 nitrogen and oxygen atoms in total. The van der Waals surface area contributed by atoms with E-state index in [9.17, 15) is 14.2 Å². The molecule has 0 unspecified atom stereocenters. The van der Waals surface area contributed by atoms with Crippen LogP contribution in [0.1, 0.15) is 11.7 Å². The number of para-hydroxylation sites is 1. The van der Waals surface area contributed by atoms with Crippen LogP contribution in [0.3, 0.4) is 0 Å². The van der Waals surface area contributed by atoms with E-state index in [1.54, 1.807) is 0 Å². The van der Waals surface area contributed by atoms with Crippen molar-refractivity contribution < 1.29 is 28.7 Å². The molecule has 0 saturated carbocycles. The lowest BCUT2D eigenvalue weighted by molar-refractivity contribution is -0.140. The Labute approximate surface area is 109 Å². The Morgan fingerprint density at radius 3 is 2.89 bits per heavy atom. The summed E-state index contributed by atoms with van der Waals surface area (Å²) in [5, 5.41) is 18.5. The second kappa shape index (κ2) is 5.56. The summed E-state index contributed by atoms with van der Waals surface area (Å²) in [6.07, 6.45) is -1.93. The van der Waals surface area contributed by atoms with Crippen LogP contribution in [0.5, 0.6) is 5.75 Å². The molecular weight excluding hydrogens is 256 g/mol. The van der Waals surface area contributed by atoms with Gasteiger partial charge in [0.2, 0.25) is 0 Å². The number of alkyl halides is 1. The Morgan fingerprint density at radius 1 is 1.47 bits per heavy atom. The van der Waals surface area contributed by atoms with Crippen molar-refractivity contribution in [3.8, 4) is 5.75 Å². The Balaban J connectivity index is 2.42. The third kappa shape index (κ3) is 2.70. The van der Waals surface area contributed by atoms with Gasteiger partial charge in [0.05, 0.1) is 6.61 Å². The monoisotopic (exact) mass is 269 g/mol. The predicted molar refractivity (Wildman–Crippen MR) is 65.0 cm³/mol. The van der Waals surface area contributed by atoms with Gasteiger partial charge in [-0.2, -0.15) is 0 Å². The second-order valence-corrected chi connectivity index (χ2v) is 4.10. The fraction of sp³-hybridized carbons (Fsp3) is 0.364. The summed E-state index contributed by atoms with van der Waals surface area (Å²) in [7, 11) is -1.23. The zero-order valence-electron chi connectivity index (χ0n) is 9.95. The maximum atomic E-state index is 14.1. The minimum Gasteiger partial charge on any atom is -0.491 e. The third-order valence-corrected chi connectivity index (χ3v) is 2.85. The van der Waals surface area contributed by atoms with Crippen LogP contribution in [0.4, 0.5) is 4.39 Å². The average Bonchev–Trinajstić information content (AvgIpc) is 2.59. The first-order chi connectivity index (χ1) is 9.02. The van der Waals surface area contributed by atoms with Crippen LogP contribution in [0.2, 0.25) is 0 Å². The molecule has 4 N–H and O–H groups in total. The van der Waals surface area contributed by atoms with Crippen molar-refractivity contribution in [2.75, 3.05) is 13.2 Å². The fourth-order valence-electron chi connectivity index (χ4n) is 1.86. The van der Waals surface area contributed by atoms with Crippen LogP contribution in [0, 0.1) is 0 Å². The van der Waals surface area contributed by atoms with Crippen molar-refractivity contribution in [1.29, 1.82) is 0 Å². The lowest BCUT2D eigenvalue weighted by atomic mass is 9.77. The number of benzene rings is 1. The van der Waals surface area contributed by atoms with Gasteiger partial charge in [0.15, 0.2) is 6.17 Å². The molecule has 0 aromatic heterocycles. The van der Waals surface area contributed by atoms with E-state index >= 15 is 0 Å². The maximum absolute atomic E-state index is 14.1. The van der Waals surface area contributed by atoms with Gasteiger partial charge in [-0.25, -0.2) is 4.39 Å². The van der Waals surface area contributed by atoms with Crippen LogP contribution in [-0.4, -0.2) is 42.5 Å². The van der Waals surface area contributed by atoms with E-state index in [1.165, 1.54) is 18.2 Å². The predicted octanol–water partition coefficient (Wildman–Crippen LogP) is -0.794. The molecule has 19 heavy (non-hydrogen) atoms. The standard InChI is InChI=1S/C11H13BFNO5/c13-8(9(14)11(15)16)6-2-1-3-7-10(6)18-4-5-19-12(7)17/h1-3,8-9,17H,4-5,14H2,(H,15,16)/t8-,9-/m0/s1. The molecule has 0 fully saturated rings. The van der Waals surface area contributed by atoms with Crippen molar-refractivity contribution >= 4 is 18.6 Å². The van der Waals surface area contributed by atoms with E-state index in [1.807, 2.05) is 0 Å². The summed E-state index contributed by atoms with van der Waals surface area (Å²) in [5.41, 5.74) is 5.53. The summed E-state index contributed by atoms with van der Waals surface area (Å²) >= 11 is 0. The molecule has 0 aliphatic carbocycles. The van der Waals surface area contributed by atoms with E-state index < -0.39 is 25.3 Å². The molecular formula is C11H13BFNO5. The highest BCUT2D eigenvalue weighted by Gasteiger charge is 2.33. The molecule has 102 valence electrons. The van der Waals surface area contributed by atoms with E-state index in [0.29, 0.717) is 0 Å². The Bertz CT molecular complexity index is 486. The number of hydrogen-bond donors (Lipinski definition) is 3. The fourth-order valence-corrected chi connectivity index (χ4v) is 1.86. The first kappa shape index (κ1) is 13.8. The number of carboxylic acids is 1. The van der Waals surface area contributed by atoms with E-state index in [2.05, 4.69) is 0 Å². The van der Waals surface area contributed by atoms with Crippen LogP contribution in [0.25, 0.3) is 0 Å². The number of hydrogen-bond acceptors (Lipinski definition) is 5. The molecule has 2 atom stereocenters. The SMILES string of the molecule is N[C@H](C(=O)O)[C@@H](F)c1cccc2c1OCCOB2O. The number of carboxylic acid groups (broad SMARTS) is 1. The van der Waals surface area contributed by atoms with Crippen LogP contribution in [0.15, 0.2) is 18.2 Å². The van der Waals surface area contributed by atoms with Gasteiger partial charge >= 0.3 is 13.1 Å². The van der Waals surface area contributed by atoms with Gasteiger partial charge in [0.1, 0.15) is 18.4 Å². The number of aliphatic carboxylic acids is 1. The maximum Gasteiger partial charge on any atom is 0.495 e. The van der Waals surface area contributed by atoms with Crippen LogP contribution < -0.4 is 15.9 Å². The van der Waals surface area contributed by atoms with Crippen molar-refractivity contribution in [2.45, 2.75) is 12.2 Å². The third-order valence-electron chi connectivity index (χ3n) is 2.85. The van der Waals surface area contributed by atoms with Crippen molar-refractivity contribution in [2.24, 2.45) is 5.73 Å². The number of ether oxygens (including phenoxy) is 1. The Hall–Kier alpha value is -1.64. The summed E-state index contributed by atoms with van der Waals surface area (Å²) in [4.78, 5) is 10.7. The summed E-state index contributed by atoms with van der Waals surface area (Å²) in [5.74, 6) is -1.35. The lowest BCUT2D eigenvalue weighted by Crippen LogP contribution is -2.37. The number of halogens is 1. The van der Waals surface area contributed by atoms with Crippen molar-refractivity contribution in [3.05, 3.63) is 23.8 Å². The van der Waals surface area contributed by atoms with Gasteiger partial charge in [-0.05, 0) is 0 Å². The Morgan fingerprint density at radius 2 is 2.21 bits per heavy atom. The zero-order valence-corrected chi connectivity index (χ0v) is 9.95. The highest BCUT2D eigenvalue weighted by atomic mass is 19.1. The van der Waals surface area contributed by atoms with Crippen molar-refractivity contribution in [1.82, 2.24) is 0 Å². The van der Waals surface area contributed by atoms with Gasteiger partial charge in [0.25, 0.3) is 0 Å². The number of carbonyl (C=O) groups is 1. The molecule has 8 heteroatoms. The van der Waals surface area contributed by atoms with Gasteiger partial charge in [-0.1, -0.05) is 18.2 Å². The number of nitrogens with two attached hydrogens (primary N) is 1. The minimum atomic E-state index is -1.93. The Kier molecular flexibility index (Phi) is 4.03. The van der Waals surface area contributed by atoms with Gasteiger partial charge in [-0.15, -0.1) is 0 Å².